The van der Waals surface area contributed by atoms with E-state index in [1.807, 2.05) is 0 Å². The molecule has 8 heteroatoms. The first-order chi connectivity index (χ1) is 9.57. The van der Waals surface area contributed by atoms with Gasteiger partial charge >= 0.3 is 0 Å². The summed E-state index contributed by atoms with van der Waals surface area (Å²) in [7, 11) is -4.53. The number of hydrogen-bond acceptors (Lipinski definition) is 7. The van der Waals surface area contributed by atoms with Gasteiger partial charge in [-0.25, -0.2) is 8.42 Å². The second-order valence-corrected chi connectivity index (χ2v) is 5.36. The van der Waals surface area contributed by atoms with Crippen LogP contribution in [0.3, 0.4) is 0 Å². The van der Waals surface area contributed by atoms with Crippen molar-refractivity contribution in [1.29, 1.82) is 0 Å². The molecule has 0 N–H and O–H groups in total. The summed E-state index contributed by atoms with van der Waals surface area (Å²) in [5.74, 6) is 0.563. The van der Waals surface area contributed by atoms with Crippen molar-refractivity contribution >= 4 is 10.1 Å². The summed E-state index contributed by atoms with van der Waals surface area (Å²) in [6.45, 7) is 2.15. The second kappa shape index (κ2) is 6.89. The third-order valence-corrected chi connectivity index (χ3v) is 3.38. The normalized spacial score (nSPS) is 17.9. The van der Waals surface area contributed by atoms with Crippen molar-refractivity contribution in [3.63, 3.8) is 0 Å². The minimum Gasteiger partial charge on any atom is -0.744 e. The molecule has 2 rings (SSSR count). The Morgan fingerprint density at radius 3 is 2.00 bits per heavy atom. The van der Waals surface area contributed by atoms with E-state index in [2.05, 4.69) is 0 Å². The van der Waals surface area contributed by atoms with Crippen molar-refractivity contribution in [2.45, 2.75) is 4.90 Å². The van der Waals surface area contributed by atoms with E-state index < -0.39 is 10.1 Å². The summed E-state index contributed by atoms with van der Waals surface area (Å²) in [5.41, 5.74) is 0. The van der Waals surface area contributed by atoms with Crippen molar-refractivity contribution in [2.75, 3.05) is 39.6 Å². The van der Waals surface area contributed by atoms with Gasteiger partial charge in [-0.1, -0.05) is 0 Å². The lowest BCUT2D eigenvalue weighted by Gasteiger charge is -2.16. The van der Waals surface area contributed by atoms with Crippen molar-refractivity contribution < 1.29 is 31.9 Å². The molecule has 0 atom stereocenters. The average Bonchev–Trinajstić information content (AvgIpc) is 2.38. The SMILES string of the molecule is O=S(=O)([O-])c1ccc2c(c1)OCCOCCOCCO2. The Kier molecular flexibility index (Phi) is 5.18. The lowest BCUT2D eigenvalue weighted by atomic mass is 10.3. The zero-order valence-corrected chi connectivity index (χ0v) is 11.6. The molecule has 0 bridgehead atoms. The van der Waals surface area contributed by atoms with Crippen molar-refractivity contribution in [1.82, 2.24) is 0 Å². The molecule has 0 aliphatic carbocycles. The van der Waals surface area contributed by atoms with Gasteiger partial charge < -0.3 is 23.5 Å². The van der Waals surface area contributed by atoms with Gasteiger partial charge in [-0.2, -0.15) is 0 Å². The molecular weight excluding hydrogens is 288 g/mol. The molecule has 1 aromatic carbocycles. The van der Waals surface area contributed by atoms with Crippen LogP contribution in [0.2, 0.25) is 0 Å². The van der Waals surface area contributed by atoms with E-state index >= 15 is 0 Å². The molecule has 20 heavy (non-hydrogen) atoms. The number of fused-ring (bicyclic) bond motifs is 1. The summed E-state index contributed by atoms with van der Waals surface area (Å²) in [6, 6.07) is 3.74. The summed E-state index contributed by atoms with van der Waals surface area (Å²) in [4.78, 5) is -0.357. The van der Waals surface area contributed by atoms with Crippen LogP contribution in [0, 0.1) is 0 Å². The highest BCUT2D eigenvalue weighted by molar-refractivity contribution is 7.85. The zero-order valence-electron chi connectivity index (χ0n) is 10.7. The van der Waals surface area contributed by atoms with Crippen molar-refractivity contribution in [3.8, 4) is 11.5 Å². The highest BCUT2D eigenvalue weighted by Gasteiger charge is 2.11. The van der Waals surface area contributed by atoms with Crippen molar-refractivity contribution in [3.05, 3.63) is 18.2 Å². The smallest absolute Gasteiger partial charge is 0.162 e. The molecule has 1 aliphatic rings. The van der Waals surface area contributed by atoms with Gasteiger partial charge in [0.05, 0.1) is 31.3 Å². The number of rotatable bonds is 1. The fourth-order valence-electron chi connectivity index (χ4n) is 1.62. The minimum atomic E-state index is -4.53. The van der Waals surface area contributed by atoms with Crippen LogP contribution in [-0.2, 0) is 19.6 Å². The first kappa shape index (κ1) is 15.0. The van der Waals surface area contributed by atoms with Gasteiger partial charge in [0.25, 0.3) is 0 Å². The molecule has 1 aliphatic heterocycles. The molecule has 1 aromatic rings. The average molecular weight is 303 g/mol. The Balaban J connectivity index is 2.20. The number of benzene rings is 1. The van der Waals surface area contributed by atoms with Crippen molar-refractivity contribution in [2.24, 2.45) is 0 Å². The number of hydrogen-bond donors (Lipinski definition) is 0. The number of ether oxygens (including phenoxy) is 4. The van der Waals surface area contributed by atoms with E-state index in [0.29, 0.717) is 38.8 Å². The molecular formula is C12H15O7S-. The van der Waals surface area contributed by atoms with Crippen LogP contribution in [0.25, 0.3) is 0 Å². The first-order valence-electron chi connectivity index (χ1n) is 6.08. The molecule has 0 fully saturated rings. The predicted molar refractivity (Wildman–Crippen MR) is 67.0 cm³/mol. The van der Waals surface area contributed by atoms with Gasteiger partial charge in [-0.05, 0) is 12.1 Å². The summed E-state index contributed by atoms with van der Waals surface area (Å²) in [5, 5.41) is 0. The van der Waals surface area contributed by atoms with Crippen LogP contribution in [0.4, 0.5) is 0 Å². The van der Waals surface area contributed by atoms with Crippen LogP contribution in [0.1, 0.15) is 0 Å². The highest BCUT2D eigenvalue weighted by atomic mass is 32.2. The largest absolute Gasteiger partial charge is 0.744 e. The molecule has 0 saturated heterocycles. The van der Waals surface area contributed by atoms with E-state index in [-0.39, 0.29) is 17.3 Å². The second-order valence-electron chi connectivity index (χ2n) is 3.98. The van der Waals surface area contributed by atoms with E-state index in [0.717, 1.165) is 6.07 Å². The Labute approximate surface area is 117 Å². The molecule has 0 radical (unpaired) electrons. The van der Waals surface area contributed by atoms with Gasteiger partial charge in [0.1, 0.15) is 23.3 Å². The third kappa shape index (κ3) is 4.34. The topological polar surface area (TPSA) is 94.1 Å². The van der Waals surface area contributed by atoms with Crippen LogP contribution in [-0.4, -0.2) is 52.6 Å². The molecule has 0 saturated carbocycles. The molecule has 0 spiro atoms. The highest BCUT2D eigenvalue weighted by Crippen LogP contribution is 2.30. The monoisotopic (exact) mass is 303 g/mol. The van der Waals surface area contributed by atoms with E-state index in [4.69, 9.17) is 18.9 Å². The Morgan fingerprint density at radius 1 is 0.850 bits per heavy atom. The van der Waals surface area contributed by atoms with Gasteiger partial charge in [0.15, 0.2) is 11.5 Å². The summed E-state index contributed by atoms with van der Waals surface area (Å²) < 4.78 is 54.4. The molecule has 0 unspecified atom stereocenters. The van der Waals surface area contributed by atoms with Crippen LogP contribution >= 0.6 is 0 Å². The van der Waals surface area contributed by atoms with Crippen LogP contribution in [0.15, 0.2) is 23.1 Å². The summed E-state index contributed by atoms with van der Waals surface area (Å²) in [6.07, 6.45) is 0. The maximum absolute atomic E-state index is 11.0. The predicted octanol–water partition coefficient (Wildman–Crippen LogP) is 0.395. The Hall–Kier alpha value is -1.35. The standard InChI is InChI=1S/C12H16O7S/c13-20(14,15)10-1-2-11-12(9-10)19-8-6-17-4-3-16-5-7-18-11/h1-2,9H,3-8H2,(H,13,14,15)/p-1. The molecule has 7 nitrogen and oxygen atoms in total. The Bertz CT molecular complexity index is 541. The molecule has 0 amide bonds. The Morgan fingerprint density at radius 2 is 1.40 bits per heavy atom. The maximum Gasteiger partial charge on any atom is 0.162 e. The maximum atomic E-state index is 11.0. The lowest BCUT2D eigenvalue weighted by Crippen LogP contribution is -2.16. The fraction of sp³-hybridized carbons (Fsp3) is 0.500. The first-order valence-corrected chi connectivity index (χ1v) is 7.49. The third-order valence-electron chi connectivity index (χ3n) is 2.55. The van der Waals surface area contributed by atoms with E-state index in [1.54, 1.807) is 0 Å². The van der Waals surface area contributed by atoms with E-state index in [1.165, 1.54) is 12.1 Å². The zero-order chi connectivity index (χ0) is 14.4. The van der Waals surface area contributed by atoms with Crippen LogP contribution < -0.4 is 9.47 Å². The lowest BCUT2D eigenvalue weighted by molar-refractivity contribution is 0.0223. The van der Waals surface area contributed by atoms with Gasteiger partial charge in [0, 0.05) is 6.07 Å². The van der Waals surface area contributed by atoms with E-state index in [9.17, 15) is 13.0 Å². The molecule has 1 heterocycles. The summed E-state index contributed by atoms with van der Waals surface area (Å²) >= 11 is 0. The van der Waals surface area contributed by atoms with Gasteiger partial charge in [0.2, 0.25) is 0 Å². The van der Waals surface area contributed by atoms with Gasteiger partial charge in [-0.3, -0.25) is 0 Å². The van der Waals surface area contributed by atoms with Gasteiger partial charge in [-0.15, -0.1) is 0 Å². The fourth-order valence-corrected chi connectivity index (χ4v) is 2.11. The quantitative estimate of drug-likeness (QED) is 0.693. The molecule has 112 valence electrons. The molecule has 0 aromatic heterocycles. The van der Waals surface area contributed by atoms with Crippen LogP contribution in [0.5, 0.6) is 11.5 Å². The minimum absolute atomic E-state index is 0.200.